The molecule has 1 fully saturated rings. The van der Waals surface area contributed by atoms with Gasteiger partial charge < -0.3 is 10.0 Å². The molecule has 0 unspecified atom stereocenters. The number of hydrogen-bond acceptors (Lipinski definition) is 3. The molecule has 1 N–H and O–H groups in total. The van der Waals surface area contributed by atoms with Crippen LogP contribution in [0.5, 0.6) is 0 Å². The highest BCUT2D eigenvalue weighted by Gasteiger charge is 2.27. The van der Waals surface area contributed by atoms with Crippen molar-refractivity contribution in [2.75, 3.05) is 19.7 Å². The lowest BCUT2D eigenvalue weighted by Crippen LogP contribution is -2.34. The average molecular weight is 310 g/mol. The number of aromatic nitrogens is 1. The number of aliphatic hydroxyl groups is 1. The van der Waals surface area contributed by atoms with E-state index in [-0.39, 0.29) is 12.5 Å². The van der Waals surface area contributed by atoms with E-state index in [9.17, 15) is 9.90 Å². The Balaban J connectivity index is 2.11. The summed E-state index contributed by atoms with van der Waals surface area (Å²) >= 11 is 0. The van der Waals surface area contributed by atoms with Crippen molar-refractivity contribution in [2.24, 2.45) is 0 Å². The number of aryl methyl sites for hydroxylation is 1. The van der Waals surface area contributed by atoms with Crippen LogP contribution in [0.4, 0.5) is 0 Å². The Morgan fingerprint density at radius 1 is 1.43 bits per heavy atom. The van der Waals surface area contributed by atoms with Gasteiger partial charge in [-0.3, -0.25) is 9.78 Å². The first-order valence-electron chi connectivity index (χ1n) is 8.06. The van der Waals surface area contributed by atoms with Gasteiger partial charge in [0, 0.05) is 30.1 Å². The smallest absolute Gasteiger partial charge is 0.254 e. The second-order valence-corrected chi connectivity index (χ2v) is 6.15. The van der Waals surface area contributed by atoms with Crippen LogP contribution in [0.25, 0.3) is 10.9 Å². The highest BCUT2D eigenvalue weighted by molar-refractivity contribution is 6.06. The highest BCUT2D eigenvalue weighted by Crippen LogP contribution is 2.40. The number of amides is 1. The largest absolute Gasteiger partial charge is 0.395 e. The van der Waals surface area contributed by atoms with E-state index in [1.54, 1.807) is 11.0 Å². The fourth-order valence-corrected chi connectivity index (χ4v) is 2.85. The fraction of sp³-hybridized carbons (Fsp3) is 0.368. The molecule has 1 amide bonds. The van der Waals surface area contributed by atoms with Gasteiger partial charge >= 0.3 is 0 Å². The molecule has 1 aromatic heterocycles. The number of fused-ring (bicyclic) bond motifs is 1. The van der Waals surface area contributed by atoms with E-state index in [2.05, 4.69) is 6.58 Å². The van der Waals surface area contributed by atoms with Gasteiger partial charge in [-0.05, 0) is 38.0 Å². The molecule has 0 aliphatic heterocycles. The molecule has 1 heterocycles. The first-order chi connectivity index (χ1) is 11.1. The molecule has 3 rings (SSSR count). The van der Waals surface area contributed by atoms with Gasteiger partial charge in [-0.1, -0.05) is 17.7 Å². The van der Waals surface area contributed by atoms with Crippen molar-refractivity contribution in [3.8, 4) is 0 Å². The number of nitrogens with zero attached hydrogens (tertiary/aromatic N) is 2. The molecule has 4 heteroatoms. The summed E-state index contributed by atoms with van der Waals surface area (Å²) in [6.45, 7) is 6.39. The molecule has 2 aromatic rings. The molecular formula is C19H22N2O2. The van der Waals surface area contributed by atoms with Crippen LogP contribution in [0.2, 0.25) is 0 Å². The minimum atomic E-state index is -0.0705. The third-order valence-electron chi connectivity index (χ3n) is 4.22. The SMILES string of the molecule is C=CCN(CCO)C(=O)c1cc(C2CC2)nc2ccc(C)cc12. The van der Waals surface area contributed by atoms with Gasteiger partial charge in [-0.15, -0.1) is 6.58 Å². The normalized spacial score (nSPS) is 14.0. The predicted octanol–water partition coefficient (Wildman–Crippen LogP) is 3.04. The van der Waals surface area contributed by atoms with Crippen molar-refractivity contribution in [3.05, 3.63) is 53.7 Å². The second kappa shape index (κ2) is 6.50. The summed E-state index contributed by atoms with van der Waals surface area (Å²) in [5.74, 6) is 0.414. The molecule has 1 aliphatic rings. The van der Waals surface area contributed by atoms with Gasteiger partial charge in [0.2, 0.25) is 0 Å². The Bertz CT molecular complexity index is 750. The van der Waals surface area contributed by atoms with Crippen LogP contribution in [0.3, 0.4) is 0 Å². The number of carbonyl (C=O) groups excluding carboxylic acids is 1. The van der Waals surface area contributed by atoms with Crippen molar-refractivity contribution in [1.29, 1.82) is 0 Å². The number of pyridine rings is 1. The van der Waals surface area contributed by atoms with E-state index < -0.39 is 0 Å². The van der Waals surface area contributed by atoms with Gasteiger partial charge in [-0.2, -0.15) is 0 Å². The molecule has 0 bridgehead atoms. The van der Waals surface area contributed by atoms with Crippen LogP contribution in [-0.2, 0) is 0 Å². The molecule has 0 radical (unpaired) electrons. The molecule has 4 nitrogen and oxygen atoms in total. The van der Waals surface area contributed by atoms with Crippen molar-refractivity contribution >= 4 is 16.8 Å². The van der Waals surface area contributed by atoms with E-state index in [4.69, 9.17) is 4.98 Å². The lowest BCUT2D eigenvalue weighted by molar-refractivity contribution is 0.0744. The quantitative estimate of drug-likeness (QED) is 0.834. The molecule has 120 valence electrons. The number of carbonyl (C=O) groups is 1. The summed E-state index contributed by atoms with van der Waals surface area (Å²) in [5, 5.41) is 10.1. The number of aliphatic hydroxyl groups excluding tert-OH is 1. The third kappa shape index (κ3) is 3.27. The third-order valence-corrected chi connectivity index (χ3v) is 4.22. The van der Waals surface area contributed by atoms with E-state index in [1.165, 1.54) is 0 Å². The summed E-state index contributed by atoms with van der Waals surface area (Å²) in [7, 11) is 0. The lowest BCUT2D eigenvalue weighted by atomic mass is 10.0. The molecule has 0 spiro atoms. The molecule has 1 aliphatic carbocycles. The van der Waals surface area contributed by atoms with Crippen molar-refractivity contribution in [3.63, 3.8) is 0 Å². The number of rotatable bonds is 6. The Morgan fingerprint density at radius 2 is 2.22 bits per heavy atom. The van der Waals surface area contributed by atoms with Gasteiger partial charge in [0.1, 0.15) is 0 Å². The standard InChI is InChI=1S/C19H22N2O2/c1-3-8-21(9-10-22)19(23)16-12-18(14-5-6-14)20-17-7-4-13(2)11-15(16)17/h3-4,7,11-12,14,22H,1,5-6,8-10H2,2H3. The van der Waals surface area contributed by atoms with Crippen molar-refractivity contribution < 1.29 is 9.90 Å². The van der Waals surface area contributed by atoms with E-state index in [0.29, 0.717) is 24.6 Å². The van der Waals surface area contributed by atoms with Crippen LogP contribution in [-0.4, -0.2) is 40.6 Å². The molecule has 23 heavy (non-hydrogen) atoms. The average Bonchev–Trinajstić information content (AvgIpc) is 3.38. The summed E-state index contributed by atoms with van der Waals surface area (Å²) in [5.41, 5.74) is 3.65. The molecule has 1 aromatic carbocycles. The number of hydrogen-bond donors (Lipinski definition) is 1. The Hall–Kier alpha value is -2.20. The van der Waals surface area contributed by atoms with Crippen LogP contribution in [0, 0.1) is 6.92 Å². The highest BCUT2D eigenvalue weighted by atomic mass is 16.3. The van der Waals surface area contributed by atoms with Crippen molar-refractivity contribution in [2.45, 2.75) is 25.7 Å². The van der Waals surface area contributed by atoms with E-state index in [1.807, 2.05) is 31.2 Å². The zero-order valence-corrected chi connectivity index (χ0v) is 13.5. The van der Waals surface area contributed by atoms with Crippen LogP contribution >= 0.6 is 0 Å². The van der Waals surface area contributed by atoms with Crippen LogP contribution in [0.1, 0.15) is 40.4 Å². The van der Waals surface area contributed by atoms with Gasteiger partial charge in [-0.25, -0.2) is 0 Å². The summed E-state index contributed by atoms with van der Waals surface area (Å²) in [6.07, 6.45) is 3.97. The molecule has 0 saturated heterocycles. The van der Waals surface area contributed by atoms with E-state index in [0.717, 1.165) is 35.0 Å². The second-order valence-electron chi connectivity index (χ2n) is 6.15. The van der Waals surface area contributed by atoms with Gasteiger partial charge in [0.15, 0.2) is 0 Å². The van der Waals surface area contributed by atoms with Crippen molar-refractivity contribution in [1.82, 2.24) is 9.88 Å². The fourth-order valence-electron chi connectivity index (χ4n) is 2.85. The van der Waals surface area contributed by atoms with Crippen LogP contribution < -0.4 is 0 Å². The Labute approximate surface area is 136 Å². The maximum absolute atomic E-state index is 13.0. The van der Waals surface area contributed by atoms with E-state index >= 15 is 0 Å². The molecule has 1 saturated carbocycles. The van der Waals surface area contributed by atoms with Crippen LogP contribution in [0.15, 0.2) is 36.9 Å². The first-order valence-corrected chi connectivity index (χ1v) is 8.06. The molecular weight excluding hydrogens is 288 g/mol. The van der Waals surface area contributed by atoms with Gasteiger partial charge in [0.05, 0.1) is 17.7 Å². The minimum Gasteiger partial charge on any atom is -0.395 e. The first kappa shape index (κ1) is 15.7. The Morgan fingerprint density at radius 3 is 2.87 bits per heavy atom. The summed E-state index contributed by atoms with van der Waals surface area (Å²) < 4.78 is 0. The number of benzene rings is 1. The summed E-state index contributed by atoms with van der Waals surface area (Å²) in [4.78, 5) is 19.3. The minimum absolute atomic E-state index is 0.0584. The predicted molar refractivity (Wildman–Crippen MR) is 91.6 cm³/mol. The topological polar surface area (TPSA) is 53.4 Å². The van der Waals surface area contributed by atoms with Gasteiger partial charge in [0.25, 0.3) is 5.91 Å². The maximum atomic E-state index is 13.0. The maximum Gasteiger partial charge on any atom is 0.254 e. The summed E-state index contributed by atoms with van der Waals surface area (Å²) in [6, 6.07) is 7.96. The Kier molecular flexibility index (Phi) is 4.44. The zero-order valence-electron chi connectivity index (χ0n) is 13.5. The molecule has 0 atom stereocenters. The lowest BCUT2D eigenvalue weighted by Gasteiger charge is -2.21. The monoisotopic (exact) mass is 310 g/mol. The zero-order chi connectivity index (χ0) is 16.4.